The number of nitrogens with zero attached hydrogens (tertiary/aromatic N) is 4. The number of hydrogen-bond acceptors (Lipinski definition) is 6. The van der Waals surface area contributed by atoms with Crippen molar-refractivity contribution >= 4 is 33.8 Å². The van der Waals surface area contributed by atoms with Crippen LogP contribution in [0, 0.1) is 0 Å². The van der Waals surface area contributed by atoms with Crippen LogP contribution in [-0.2, 0) is 0 Å². The molecule has 0 bridgehead atoms. The van der Waals surface area contributed by atoms with Crippen molar-refractivity contribution in [3.05, 3.63) is 36.7 Å². The molecule has 21 heavy (non-hydrogen) atoms. The summed E-state index contributed by atoms with van der Waals surface area (Å²) in [6, 6.07) is 7.95. The van der Waals surface area contributed by atoms with Gasteiger partial charge in [0, 0.05) is 22.7 Å². The van der Waals surface area contributed by atoms with Gasteiger partial charge in [0.1, 0.15) is 0 Å². The molecule has 0 unspecified atom stereocenters. The minimum absolute atomic E-state index is 0.0924. The third kappa shape index (κ3) is 1.75. The summed E-state index contributed by atoms with van der Waals surface area (Å²) in [6.07, 6.45) is 3.55. The van der Waals surface area contributed by atoms with Gasteiger partial charge < -0.3 is 16.5 Å². The van der Waals surface area contributed by atoms with Gasteiger partial charge in [-0.3, -0.25) is 0 Å². The van der Waals surface area contributed by atoms with E-state index in [1.165, 1.54) is 0 Å². The minimum atomic E-state index is 0.0924. The molecule has 0 atom stereocenters. The smallest absolute Gasteiger partial charge is 0.224 e. The quantitative estimate of drug-likeness (QED) is 0.487. The Morgan fingerprint density at radius 1 is 1.00 bits per heavy atom. The molecule has 0 saturated carbocycles. The second-order valence-corrected chi connectivity index (χ2v) is 4.64. The monoisotopic (exact) mass is 277 g/mol. The molecule has 3 heterocycles. The van der Waals surface area contributed by atoms with Crippen LogP contribution in [0.2, 0.25) is 0 Å². The first-order valence-electron chi connectivity index (χ1n) is 6.34. The topological polar surface area (TPSA) is 119 Å². The SMILES string of the molecule is Nc1nc(N)c2nc(-c3cccc4[nH]ccc34)cnc2n1. The zero-order chi connectivity index (χ0) is 14.4. The summed E-state index contributed by atoms with van der Waals surface area (Å²) in [5.74, 6) is 0.322. The number of nitrogens with two attached hydrogens (primary N) is 2. The average molecular weight is 277 g/mol. The lowest BCUT2D eigenvalue weighted by Gasteiger charge is -2.05. The number of rotatable bonds is 1. The first-order valence-corrected chi connectivity index (χ1v) is 6.34. The fraction of sp³-hybridized carbons (Fsp3) is 0. The molecule has 102 valence electrons. The van der Waals surface area contributed by atoms with Crippen LogP contribution in [0.1, 0.15) is 0 Å². The van der Waals surface area contributed by atoms with E-state index in [-0.39, 0.29) is 11.8 Å². The van der Waals surface area contributed by atoms with Crippen molar-refractivity contribution in [1.29, 1.82) is 0 Å². The number of fused-ring (bicyclic) bond motifs is 2. The summed E-state index contributed by atoms with van der Waals surface area (Å²) in [6.45, 7) is 0. The molecular weight excluding hydrogens is 266 g/mol. The van der Waals surface area contributed by atoms with Crippen LogP contribution in [0.4, 0.5) is 11.8 Å². The van der Waals surface area contributed by atoms with Crippen molar-refractivity contribution in [3.63, 3.8) is 0 Å². The molecule has 4 aromatic rings. The maximum absolute atomic E-state index is 5.86. The van der Waals surface area contributed by atoms with E-state index in [1.54, 1.807) is 6.20 Å². The molecule has 3 aromatic heterocycles. The summed E-state index contributed by atoms with van der Waals surface area (Å²) >= 11 is 0. The van der Waals surface area contributed by atoms with Crippen molar-refractivity contribution in [1.82, 2.24) is 24.9 Å². The highest BCUT2D eigenvalue weighted by molar-refractivity contribution is 5.95. The van der Waals surface area contributed by atoms with Crippen LogP contribution in [0.3, 0.4) is 0 Å². The molecule has 0 saturated heterocycles. The van der Waals surface area contributed by atoms with Gasteiger partial charge in [-0.2, -0.15) is 9.97 Å². The Labute approximate surface area is 119 Å². The number of H-pyrrole nitrogens is 1. The number of nitrogens with one attached hydrogen (secondary N) is 1. The van der Waals surface area contributed by atoms with E-state index in [1.807, 2.05) is 30.5 Å². The lowest BCUT2D eigenvalue weighted by molar-refractivity contribution is 1.17. The summed E-state index contributed by atoms with van der Waals surface area (Å²) in [4.78, 5) is 19.9. The number of anilines is 2. The lowest BCUT2D eigenvalue weighted by atomic mass is 10.1. The second-order valence-electron chi connectivity index (χ2n) is 4.64. The molecular formula is C14H11N7. The number of aromatic amines is 1. The molecule has 0 radical (unpaired) electrons. The fourth-order valence-electron chi connectivity index (χ4n) is 2.38. The highest BCUT2D eigenvalue weighted by atomic mass is 15.1. The Bertz CT molecular complexity index is 974. The molecule has 0 spiro atoms. The number of nitrogen functional groups attached to an aromatic ring is 2. The van der Waals surface area contributed by atoms with E-state index in [9.17, 15) is 0 Å². The zero-order valence-electron chi connectivity index (χ0n) is 10.9. The van der Waals surface area contributed by atoms with Gasteiger partial charge in [-0.05, 0) is 12.1 Å². The van der Waals surface area contributed by atoms with Crippen molar-refractivity contribution in [3.8, 4) is 11.3 Å². The molecule has 0 aliphatic heterocycles. The van der Waals surface area contributed by atoms with Gasteiger partial charge in [-0.15, -0.1) is 0 Å². The number of benzene rings is 1. The molecule has 0 amide bonds. The van der Waals surface area contributed by atoms with E-state index >= 15 is 0 Å². The highest BCUT2D eigenvalue weighted by Gasteiger charge is 2.11. The largest absolute Gasteiger partial charge is 0.382 e. The third-order valence-corrected chi connectivity index (χ3v) is 3.32. The maximum Gasteiger partial charge on any atom is 0.224 e. The van der Waals surface area contributed by atoms with Crippen molar-refractivity contribution in [2.75, 3.05) is 11.5 Å². The zero-order valence-corrected chi connectivity index (χ0v) is 10.9. The van der Waals surface area contributed by atoms with Crippen LogP contribution in [0.5, 0.6) is 0 Å². The number of aromatic nitrogens is 5. The third-order valence-electron chi connectivity index (χ3n) is 3.32. The molecule has 4 rings (SSSR count). The minimum Gasteiger partial charge on any atom is -0.382 e. The first-order chi connectivity index (χ1) is 10.2. The van der Waals surface area contributed by atoms with Gasteiger partial charge in [0.05, 0.1) is 11.9 Å². The summed E-state index contributed by atoms with van der Waals surface area (Å²) in [5, 5.41) is 1.07. The highest BCUT2D eigenvalue weighted by Crippen LogP contribution is 2.27. The van der Waals surface area contributed by atoms with Crippen LogP contribution in [0.15, 0.2) is 36.7 Å². The van der Waals surface area contributed by atoms with Crippen LogP contribution in [-0.4, -0.2) is 24.9 Å². The Morgan fingerprint density at radius 2 is 1.90 bits per heavy atom. The second kappa shape index (κ2) is 4.14. The van der Waals surface area contributed by atoms with E-state index in [4.69, 9.17) is 11.5 Å². The Balaban J connectivity index is 2.01. The summed E-state index contributed by atoms with van der Waals surface area (Å²) < 4.78 is 0. The van der Waals surface area contributed by atoms with E-state index in [0.717, 1.165) is 16.5 Å². The molecule has 0 aliphatic carbocycles. The average Bonchev–Trinajstić information content (AvgIpc) is 2.95. The van der Waals surface area contributed by atoms with E-state index in [2.05, 4.69) is 24.9 Å². The van der Waals surface area contributed by atoms with Crippen LogP contribution in [0.25, 0.3) is 33.3 Å². The summed E-state index contributed by atoms with van der Waals surface area (Å²) in [5.41, 5.74) is 15.0. The van der Waals surface area contributed by atoms with Gasteiger partial charge >= 0.3 is 0 Å². The Morgan fingerprint density at radius 3 is 2.81 bits per heavy atom. The summed E-state index contributed by atoms with van der Waals surface area (Å²) in [7, 11) is 0. The first kappa shape index (κ1) is 11.6. The predicted molar refractivity (Wildman–Crippen MR) is 81.2 cm³/mol. The predicted octanol–water partition coefficient (Wildman–Crippen LogP) is 1.73. The van der Waals surface area contributed by atoms with Gasteiger partial charge in [0.15, 0.2) is 17.0 Å². The standard InChI is InChI=1S/C14H11N7/c15-12-11-13(21-14(16)20-12)18-6-10(19-11)7-2-1-3-9-8(7)4-5-17-9/h1-6,17H,(H4,15,16,18,20,21). The van der Waals surface area contributed by atoms with Gasteiger partial charge in [0.25, 0.3) is 0 Å². The van der Waals surface area contributed by atoms with Crippen molar-refractivity contribution < 1.29 is 0 Å². The Hall–Kier alpha value is -3.22. The van der Waals surface area contributed by atoms with Crippen molar-refractivity contribution in [2.24, 2.45) is 0 Å². The van der Waals surface area contributed by atoms with Crippen molar-refractivity contribution in [2.45, 2.75) is 0 Å². The molecule has 0 aliphatic rings. The Kier molecular flexibility index (Phi) is 2.28. The molecule has 7 heteroatoms. The lowest BCUT2D eigenvalue weighted by Crippen LogP contribution is -2.03. The van der Waals surface area contributed by atoms with E-state index in [0.29, 0.717) is 16.9 Å². The van der Waals surface area contributed by atoms with Gasteiger partial charge in [0.2, 0.25) is 5.95 Å². The van der Waals surface area contributed by atoms with E-state index < -0.39 is 0 Å². The number of hydrogen-bond donors (Lipinski definition) is 3. The van der Waals surface area contributed by atoms with Crippen LogP contribution < -0.4 is 11.5 Å². The molecule has 7 nitrogen and oxygen atoms in total. The molecule has 1 aromatic carbocycles. The fourth-order valence-corrected chi connectivity index (χ4v) is 2.38. The molecule has 5 N–H and O–H groups in total. The maximum atomic E-state index is 5.86. The van der Waals surface area contributed by atoms with Gasteiger partial charge in [-0.1, -0.05) is 12.1 Å². The normalized spacial score (nSPS) is 11.2. The van der Waals surface area contributed by atoms with Gasteiger partial charge in [-0.25, -0.2) is 9.97 Å². The molecule has 0 fully saturated rings. The van der Waals surface area contributed by atoms with Crippen LogP contribution >= 0.6 is 0 Å².